The van der Waals surface area contributed by atoms with Crippen LogP contribution in [0.5, 0.6) is 11.5 Å². The van der Waals surface area contributed by atoms with Crippen molar-refractivity contribution in [2.24, 2.45) is 0 Å². The van der Waals surface area contributed by atoms with E-state index in [-0.39, 0.29) is 6.04 Å². The number of aromatic nitrogens is 1. The Morgan fingerprint density at radius 3 is 2.45 bits per heavy atom. The molecule has 2 unspecified atom stereocenters. The summed E-state index contributed by atoms with van der Waals surface area (Å²) in [6, 6.07) is 12.6. The first kappa shape index (κ1) is 16.3. The van der Waals surface area contributed by atoms with Gasteiger partial charge in [-0.05, 0) is 50.1 Å². The molecule has 0 amide bonds. The summed E-state index contributed by atoms with van der Waals surface area (Å²) in [5.74, 6) is 1.53. The normalized spacial score (nSPS) is 13.5. The topological polar surface area (TPSA) is 43.4 Å². The molecule has 2 aromatic rings. The first-order valence-electron chi connectivity index (χ1n) is 7.52. The van der Waals surface area contributed by atoms with E-state index in [0.717, 1.165) is 23.6 Å². The van der Waals surface area contributed by atoms with Crippen LogP contribution >= 0.6 is 0 Å². The van der Waals surface area contributed by atoms with E-state index in [9.17, 15) is 0 Å². The van der Waals surface area contributed by atoms with E-state index < -0.39 is 0 Å². The highest BCUT2D eigenvalue weighted by atomic mass is 16.5. The predicted octanol–water partition coefficient (Wildman–Crippen LogP) is 3.38. The molecule has 0 radical (unpaired) electrons. The minimum absolute atomic E-state index is 0.219. The second-order valence-corrected chi connectivity index (χ2v) is 5.44. The maximum Gasteiger partial charge on any atom is 0.160 e. The number of ether oxygens (including phenoxy) is 2. The summed E-state index contributed by atoms with van der Waals surface area (Å²) in [5, 5.41) is 3.58. The van der Waals surface area contributed by atoms with Crippen LogP contribution in [0.3, 0.4) is 0 Å². The van der Waals surface area contributed by atoms with Gasteiger partial charge in [0.2, 0.25) is 0 Å². The van der Waals surface area contributed by atoms with E-state index in [4.69, 9.17) is 9.47 Å². The van der Waals surface area contributed by atoms with Crippen LogP contribution < -0.4 is 14.8 Å². The first-order chi connectivity index (χ1) is 10.6. The average molecular weight is 300 g/mol. The van der Waals surface area contributed by atoms with Crippen molar-refractivity contribution in [3.8, 4) is 11.5 Å². The third kappa shape index (κ3) is 4.21. The molecule has 4 nitrogen and oxygen atoms in total. The zero-order valence-electron chi connectivity index (χ0n) is 13.7. The molecule has 0 spiro atoms. The number of hydrogen-bond acceptors (Lipinski definition) is 4. The highest BCUT2D eigenvalue weighted by molar-refractivity contribution is 5.43. The molecule has 0 bridgehead atoms. The minimum Gasteiger partial charge on any atom is -0.493 e. The third-order valence-corrected chi connectivity index (χ3v) is 3.66. The van der Waals surface area contributed by atoms with Crippen molar-refractivity contribution in [3.05, 3.63) is 53.9 Å². The lowest BCUT2D eigenvalue weighted by atomic mass is 10.0. The Hall–Kier alpha value is -2.07. The van der Waals surface area contributed by atoms with Crippen molar-refractivity contribution in [3.63, 3.8) is 0 Å². The number of benzene rings is 1. The van der Waals surface area contributed by atoms with Crippen LogP contribution in [0.25, 0.3) is 0 Å². The van der Waals surface area contributed by atoms with Crippen molar-refractivity contribution < 1.29 is 9.47 Å². The summed E-state index contributed by atoms with van der Waals surface area (Å²) < 4.78 is 10.6. The van der Waals surface area contributed by atoms with Crippen LogP contribution in [0, 0.1) is 0 Å². The Balaban J connectivity index is 1.98. The monoisotopic (exact) mass is 300 g/mol. The Morgan fingerprint density at radius 1 is 1.05 bits per heavy atom. The van der Waals surface area contributed by atoms with Crippen molar-refractivity contribution in [1.29, 1.82) is 0 Å². The molecule has 0 aliphatic heterocycles. The molecule has 0 saturated carbocycles. The number of nitrogens with one attached hydrogen (secondary N) is 1. The molecule has 22 heavy (non-hydrogen) atoms. The maximum absolute atomic E-state index is 5.35. The lowest BCUT2D eigenvalue weighted by Crippen LogP contribution is -2.31. The van der Waals surface area contributed by atoms with Crippen molar-refractivity contribution in [2.45, 2.75) is 32.4 Å². The molecular formula is C18H24N2O2. The second-order valence-electron chi connectivity index (χ2n) is 5.44. The van der Waals surface area contributed by atoms with Gasteiger partial charge in [-0.3, -0.25) is 4.98 Å². The quantitative estimate of drug-likeness (QED) is 0.851. The van der Waals surface area contributed by atoms with E-state index in [2.05, 4.69) is 30.2 Å². The zero-order valence-corrected chi connectivity index (χ0v) is 13.7. The van der Waals surface area contributed by atoms with Crippen LogP contribution in [0.4, 0.5) is 0 Å². The summed E-state index contributed by atoms with van der Waals surface area (Å²) in [4.78, 5) is 4.39. The molecule has 0 fully saturated rings. The molecule has 1 aromatic carbocycles. The molecule has 1 heterocycles. The van der Waals surface area contributed by atoms with E-state index in [1.165, 1.54) is 5.56 Å². The number of nitrogens with zero attached hydrogens (tertiary/aromatic N) is 1. The first-order valence-corrected chi connectivity index (χ1v) is 7.52. The summed E-state index contributed by atoms with van der Waals surface area (Å²) in [5.41, 5.74) is 2.27. The molecule has 1 aromatic heterocycles. The smallest absolute Gasteiger partial charge is 0.160 e. The molecule has 0 saturated heterocycles. The van der Waals surface area contributed by atoms with E-state index >= 15 is 0 Å². The summed E-state index contributed by atoms with van der Waals surface area (Å²) in [6.45, 7) is 4.31. The maximum atomic E-state index is 5.35. The van der Waals surface area contributed by atoms with Crippen LogP contribution in [-0.2, 0) is 6.42 Å². The molecular weight excluding hydrogens is 276 g/mol. The highest BCUT2D eigenvalue weighted by Gasteiger charge is 2.12. The van der Waals surface area contributed by atoms with Gasteiger partial charge >= 0.3 is 0 Å². The average Bonchev–Trinajstić information content (AvgIpc) is 2.55. The fraction of sp³-hybridized carbons (Fsp3) is 0.389. The molecule has 2 atom stereocenters. The summed E-state index contributed by atoms with van der Waals surface area (Å²) in [7, 11) is 3.31. The summed E-state index contributed by atoms with van der Waals surface area (Å²) >= 11 is 0. The molecule has 1 N–H and O–H groups in total. The second kappa shape index (κ2) is 7.80. The van der Waals surface area contributed by atoms with Gasteiger partial charge in [0, 0.05) is 18.3 Å². The molecule has 2 rings (SSSR count). The molecule has 0 aliphatic rings. The lowest BCUT2D eigenvalue weighted by Gasteiger charge is -2.20. The number of rotatable bonds is 7. The van der Waals surface area contributed by atoms with Gasteiger partial charge in [0.15, 0.2) is 11.5 Å². The molecule has 4 heteroatoms. The van der Waals surface area contributed by atoms with Gasteiger partial charge in [-0.1, -0.05) is 12.1 Å². The van der Waals surface area contributed by atoms with Gasteiger partial charge in [0.1, 0.15) is 0 Å². The van der Waals surface area contributed by atoms with Gasteiger partial charge in [0.25, 0.3) is 0 Å². The highest BCUT2D eigenvalue weighted by Crippen LogP contribution is 2.28. The van der Waals surface area contributed by atoms with Crippen LogP contribution in [0.15, 0.2) is 42.6 Å². The Bertz CT molecular complexity index is 587. The number of pyridine rings is 1. The SMILES string of the molecule is COc1ccc(CC(C)NC(C)c2ccccn2)cc1OC. The van der Waals surface area contributed by atoms with Gasteiger partial charge in [-0.25, -0.2) is 0 Å². The van der Waals surface area contributed by atoms with E-state index in [0.29, 0.717) is 6.04 Å². The summed E-state index contributed by atoms with van der Waals surface area (Å²) in [6.07, 6.45) is 2.74. The van der Waals surface area contributed by atoms with Crippen LogP contribution in [0.1, 0.15) is 31.1 Å². The van der Waals surface area contributed by atoms with Crippen molar-refractivity contribution >= 4 is 0 Å². The lowest BCUT2D eigenvalue weighted by molar-refractivity contribution is 0.354. The van der Waals surface area contributed by atoms with Gasteiger partial charge < -0.3 is 14.8 Å². The van der Waals surface area contributed by atoms with Crippen molar-refractivity contribution in [2.75, 3.05) is 14.2 Å². The van der Waals surface area contributed by atoms with Crippen molar-refractivity contribution in [1.82, 2.24) is 10.3 Å². The number of hydrogen-bond donors (Lipinski definition) is 1. The molecule has 0 aliphatic carbocycles. The Kier molecular flexibility index (Phi) is 5.78. The van der Waals surface area contributed by atoms with Gasteiger partial charge in [-0.2, -0.15) is 0 Å². The van der Waals surface area contributed by atoms with Crippen LogP contribution in [-0.4, -0.2) is 25.2 Å². The van der Waals surface area contributed by atoms with Gasteiger partial charge in [0.05, 0.1) is 19.9 Å². The largest absolute Gasteiger partial charge is 0.493 e. The number of methoxy groups -OCH3 is 2. The molecule has 118 valence electrons. The fourth-order valence-corrected chi connectivity index (χ4v) is 2.56. The van der Waals surface area contributed by atoms with E-state index in [1.807, 2.05) is 36.5 Å². The van der Waals surface area contributed by atoms with E-state index in [1.54, 1.807) is 14.2 Å². The van der Waals surface area contributed by atoms with Crippen LogP contribution in [0.2, 0.25) is 0 Å². The standard InChI is InChI=1S/C18H24N2O2/c1-13(20-14(2)16-7-5-6-10-19-16)11-15-8-9-17(21-3)18(12-15)22-4/h5-10,12-14,20H,11H2,1-4H3. The minimum atomic E-state index is 0.219. The van der Waals surface area contributed by atoms with Gasteiger partial charge in [-0.15, -0.1) is 0 Å². The third-order valence-electron chi connectivity index (χ3n) is 3.66. The Labute approximate surface area is 132 Å². The fourth-order valence-electron chi connectivity index (χ4n) is 2.56. The zero-order chi connectivity index (χ0) is 15.9. The predicted molar refractivity (Wildman–Crippen MR) is 88.5 cm³/mol. The Morgan fingerprint density at radius 2 is 1.82 bits per heavy atom.